The van der Waals surface area contributed by atoms with Crippen molar-refractivity contribution in [2.24, 2.45) is 0 Å². The van der Waals surface area contributed by atoms with Gasteiger partial charge in [-0.1, -0.05) is 55.5 Å². The van der Waals surface area contributed by atoms with Gasteiger partial charge in [-0.15, -0.1) is 11.8 Å². The van der Waals surface area contributed by atoms with Crippen LogP contribution in [-0.4, -0.2) is 11.7 Å². The Morgan fingerprint density at radius 2 is 1.65 bits per heavy atom. The Morgan fingerprint density at radius 1 is 1.05 bits per heavy atom. The van der Waals surface area contributed by atoms with Crippen LogP contribution in [0.5, 0.6) is 0 Å². The Kier molecular flexibility index (Phi) is 5.69. The summed E-state index contributed by atoms with van der Waals surface area (Å²) in [6, 6.07) is 20.2. The van der Waals surface area contributed by atoms with Crippen molar-refractivity contribution in [1.82, 2.24) is 5.32 Å². The highest BCUT2D eigenvalue weighted by Gasteiger charge is 2.12. The molecule has 0 aliphatic carbocycles. The predicted octanol–water partition coefficient (Wildman–Crippen LogP) is 4.05. The van der Waals surface area contributed by atoms with Crippen LogP contribution >= 0.6 is 11.8 Å². The van der Waals surface area contributed by atoms with Crippen LogP contribution in [-0.2, 0) is 4.79 Å². The molecular weight excluding hydrogens is 266 g/mol. The van der Waals surface area contributed by atoms with Gasteiger partial charge in [0.15, 0.2) is 0 Å². The van der Waals surface area contributed by atoms with Crippen LogP contribution in [0.1, 0.15) is 24.9 Å². The normalized spacial score (nSPS) is 11.8. The van der Waals surface area contributed by atoms with Crippen molar-refractivity contribution in [1.29, 1.82) is 0 Å². The van der Waals surface area contributed by atoms with Gasteiger partial charge in [-0.05, 0) is 24.1 Å². The topological polar surface area (TPSA) is 29.1 Å². The molecule has 0 heterocycles. The average molecular weight is 285 g/mol. The largest absolute Gasteiger partial charge is 0.349 e. The zero-order valence-corrected chi connectivity index (χ0v) is 12.4. The van der Waals surface area contributed by atoms with E-state index in [9.17, 15) is 4.79 Å². The van der Waals surface area contributed by atoms with Crippen molar-refractivity contribution in [3.8, 4) is 0 Å². The molecule has 0 aromatic heterocycles. The van der Waals surface area contributed by atoms with Crippen molar-refractivity contribution in [3.05, 3.63) is 66.2 Å². The van der Waals surface area contributed by atoms with Gasteiger partial charge in [-0.2, -0.15) is 0 Å². The number of hydrogen-bond acceptors (Lipinski definition) is 2. The van der Waals surface area contributed by atoms with Crippen LogP contribution in [0.15, 0.2) is 65.6 Å². The van der Waals surface area contributed by atoms with Crippen molar-refractivity contribution in [3.63, 3.8) is 0 Å². The van der Waals surface area contributed by atoms with E-state index in [4.69, 9.17) is 0 Å². The van der Waals surface area contributed by atoms with Crippen molar-refractivity contribution in [2.45, 2.75) is 24.3 Å². The fourth-order valence-electron chi connectivity index (χ4n) is 2.01. The predicted molar refractivity (Wildman–Crippen MR) is 84.8 cm³/mol. The highest BCUT2D eigenvalue weighted by Crippen LogP contribution is 2.19. The first kappa shape index (κ1) is 14.7. The molecule has 0 saturated heterocycles. The van der Waals surface area contributed by atoms with Gasteiger partial charge in [0.05, 0.1) is 11.8 Å². The third kappa shape index (κ3) is 4.42. The van der Waals surface area contributed by atoms with Gasteiger partial charge in [0.2, 0.25) is 5.91 Å². The Balaban J connectivity index is 1.87. The number of carbonyl (C=O) groups is 1. The van der Waals surface area contributed by atoms with Crippen LogP contribution in [0.25, 0.3) is 0 Å². The zero-order valence-electron chi connectivity index (χ0n) is 11.6. The summed E-state index contributed by atoms with van der Waals surface area (Å²) >= 11 is 1.56. The lowest BCUT2D eigenvalue weighted by Gasteiger charge is -2.17. The van der Waals surface area contributed by atoms with E-state index in [1.54, 1.807) is 11.8 Å². The summed E-state index contributed by atoms with van der Waals surface area (Å²) in [5.41, 5.74) is 1.16. The van der Waals surface area contributed by atoms with E-state index in [1.165, 1.54) is 0 Å². The molecule has 0 bridgehead atoms. The molecule has 2 rings (SSSR count). The zero-order chi connectivity index (χ0) is 14.2. The molecule has 2 nitrogen and oxygen atoms in total. The van der Waals surface area contributed by atoms with Crippen molar-refractivity contribution < 1.29 is 4.79 Å². The maximum atomic E-state index is 12.0. The number of amides is 1. The molecule has 0 radical (unpaired) electrons. The average Bonchev–Trinajstić information content (AvgIpc) is 2.52. The summed E-state index contributed by atoms with van der Waals surface area (Å²) in [5.74, 6) is 0.530. The van der Waals surface area contributed by atoms with Crippen LogP contribution in [0.2, 0.25) is 0 Å². The van der Waals surface area contributed by atoms with Crippen molar-refractivity contribution >= 4 is 17.7 Å². The van der Waals surface area contributed by atoms with Crippen molar-refractivity contribution in [2.75, 3.05) is 5.75 Å². The molecule has 0 aliphatic rings. The SMILES string of the molecule is CC[C@H](NC(=O)CSc1ccccc1)c1ccccc1. The molecule has 2 aromatic carbocycles. The van der Waals surface area contributed by atoms with E-state index in [-0.39, 0.29) is 11.9 Å². The lowest BCUT2D eigenvalue weighted by atomic mass is 10.0. The van der Waals surface area contributed by atoms with E-state index < -0.39 is 0 Å². The molecule has 0 unspecified atom stereocenters. The number of benzene rings is 2. The Labute approximate surface area is 124 Å². The Bertz CT molecular complexity index is 527. The summed E-state index contributed by atoms with van der Waals surface area (Å²) in [6.45, 7) is 2.09. The number of hydrogen-bond donors (Lipinski definition) is 1. The maximum absolute atomic E-state index is 12.0. The molecule has 2 aromatic rings. The smallest absolute Gasteiger partial charge is 0.230 e. The molecule has 1 N–H and O–H groups in total. The molecule has 0 aliphatic heterocycles. The van der Waals surface area contributed by atoms with Gasteiger partial charge < -0.3 is 5.32 Å². The second-order valence-electron chi connectivity index (χ2n) is 4.54. The molecule has 1 atom stereocenters. The summed E-state index contributed by atoms with van der Waals surface area (Å²) < 4.78 is 0. The van der Waals surface area contributed by atoms with Crippen LogP contribution in [0.4, 0.5) is 0 Å². The number of nitrogens with one attached hydrogen (secondary N) is 1. The quantitative estimate of drug-likeness (QED) is 0.811. The summed E-state index contributed by atoms with van der Waals surface area (Å²) in [6.07, 6.45) is 0.895. The highest BCUT2D eigenvalue weighted by molar-refractivity contribution is 8.00. The van der Waals surface area contributed by atoms with Crippen LogP contribution in [0, 0.1) is 0 Å². The molecule has 0 fully saturated rings. The molecular formula is C17H19NOS. The summed E-state index contributed by atoms with van der Waals surface area (Å²) in [7, 11) is 0. The lowest BCUT2D eigenvalue weighted by Crippen LogP contribution is -2.29. The molecule has 0 spiro atoms. The molecule has 1 amide bonds. The van der Waals surface area contributed by atoms with Gasteiger partial charge in [0.25, 0.3) is 0 Å². The van der Waals surface area contributed by atoms with Gasteiger partial charge in [-0.3, -0.25) is 4.79 Å². The minimum atomic E-state index is 0.0783. The maximum Gasteiger partial charge on any atom is 0.230 e. The standard InChI is InChI=1S/C17H19NOS/c1-2-16(14-9-5-3-6-10-14)18-17(19)13-20-15-11-7-4-8-12-15/h3-12,16H,2,13H2,1H3,(H,18,19)/t16-/m0/s1. The first-order chi connectivity index (χ1) is 9.79. The molecule has 104 valence electrons. The third-order valence-electron chi connectivity index (χ3n) is 3.06. The monoisotopic (exact) mass is 285 g/mol. The number of rotatable bonds is 6. The van der Waals surface area contributed by atoms with E-state index in [0.29, 0.717) is 5.75 Å². The van der Waals surface area contributed by atoms with E-state index in [1.807, 2.05) is 48.5 Å². The van der Waals surface area contributed by atoms with Crippen LogP contribution < -0.4 is 5.32 Å². The van der Waals surface area contributed by atoms with E-state index in [2.05, 4.69) is 24.4 Å². The minimum absolute atomic E-state index is 0.0783. The second kappa shape index (κ2) is 7.75. The van der Waals surface area contributed by atoms with E-state index >= 15 is 0 Å². The van der Waals surface area contributed by atoms with Gasteiger partial charge >= 0.3 is 0 Å². The fourth-order valence-corrected chi connectivity index (χ4v) is 2.74. The van der Waals surface area contributed by atoms with Gasteiger partial charge in [0, 0.05) is 4.90 Å². The molecule has 0 saturated carbocycles. The molecule has 3 heteroatoms. The van der Waals surface area contributed by atoms with Crippen LogP contribution in [0.3, 0.4) is 0 Å². The summed E-state index contributed by atoms with van der Waals surface area (Å²) in [4.78, 5) is 13.1. The Hall–Kier alpha value is -1.74. The second-order valence-corrected chi connectivity index (χ2v) is 5.59. The first-order valence-electron chi connectivity index (χ1n) is 6.81. The van der Waals surface area contributed by atoms with Gasteiger partial charge in [-0.25, -0.2) is 0 Å². The summed E-state index contributed by atoms with van der Waals surface area (Å²) in [5, 5.41) is 3.09. The highest BCUT2D eigenvalue weighted by atomic mass is 32.2. The first-order valence-corrected chi connectivity index (χ1v) is 7.80. The number of carbonyl (C=O) groups excluding carboxylic acids is 1. The van der Waals surface area contributed by atoms with E-state index in [0.717, 1.165) is 16.9 Å². The molecule has 20 heavy (non-hydrogen) atoms. The minimum Gasteiger partial charge on any atom is -0.349 e. The number of thioether (sulfide) groups is 1. The lowest BCUT2D eigenvalue weighted by molar-refractivity contribution is -0.119. The Morgan fingerprint density at radius 3 is 2.25 bits per heavy atom. The third-order valence-corrected chi connectivity index (χ3v) is 4.07. The fraction of sp³-hybridized carbons (Fsp3) is 0.235. The van der Waals surface area contributed by atoms with Gasteiger partial charge in [0.1, 0.15) is 0 Å².